The lowest BCUT2D eigenvalue weighted by molar-refractivity contribution is 0.155. The number of hydrogen-bond acceptors (Lipinski definition) is 2. The fourth-order valence-corrected chi connectivity index (χ4v) is 2.39. The zero-order valence-corrected chi connectivity index (χ0v) is 10.3. The summed E-state index contributed by atoms with van der Waals surface area (Å²) >= 11 is 0. The van der Waals surface area contributed by atoms with Crippen molar-refractivity contribution >= 4 is 5.84 Å². The maximum Gasteiger partial charge on any atom is 0.123 e. The molecule has 3 heteroatoms. The zero-order chi connectivity index (χ0) is 12.3. The van der Waals surface area contributed by atoms with E-state index >= 15 is 0 Å². The average Bonchev–Trinajstić information content (AvgIpc) is 2.30. The molecule has 0 unspecified atom stereocenters. The van der Waals surface area contributed by atoms with E-state index in [1.54, 1.807) is 0 Å². The van der Waals surface area contributed by atoms with Crippen LogP contribution in [0.15, 0.2) is 18.2 Å². The Bertz CT molecular complexity index is 409. The third kappa shape index (κ3) is 2.99. The Hall–Kier alpha value is -1.51. The smallest absolute Gasteiger partial charge is 0.123 e. The molecule has 1 saturated carbocycles. The predicted molar refractivity (Wildman–Crippen MR) is 69.7 cm³/mol. The first-order valence-corrected chi connectivity index (χ1v) is 6.28. The number of aryl methyl sites for hydroxylation is 1. The molecule has 1 aromatic carbocycles. The van der Waals surface area contributed by atoms with Crippen molar-refractivity contribution in [3.05, 3.63) is 29.3 Å². The molecule has 1 aliphatic rings. The van der Waals surface area contributed by atoms with E-state index in [-0.39, 0.29) is 5.84 Å². The first-order valence-electron chi connectivity index (χ1n) is 6.28. The number of nitrogens with one attached hydrogen (secondary N) is 1. The zero-order valence-electron chi connectivity index (χ0n) is 10.3. The highest BCUT2D eigenvalue weighted by molar-refractivity contribution is 5.96. The van der Waals surface area contributed by atoms with E-state index in [2.05, 4.69) is 0 Å². The Morgan fingerprint density at radius 3 is 2.59 bits per heavy atom. The van der Waals surface area contributed by atoms with Crippen LogP contribution in [0, 0.1) is 12.3 Å². The van der Waals surface area contributed by atoms with E-state index in [0.29, 0.717) is 6.10 Å². The van der Waals surface area contributed by atoms with E-state index in [0.717, 1.165) is 29.7 Å². The lowest BCUT2D eigenvalue weighted by Gasteiger charge is -2.23. The molecule has 17 heavy (non-hydrogen) atoms. The van der Waals surface area contributed by atoms with Gasteiger partial charge in [-0.3, -0.25) is 5.41 Å². The third-order valence-electron chi connectivity index (χ3n) is 3.34. The molecule has 0 amide bonds. The van der Waals surface area contributed by atoms with Crippen LogP contribution in [-0.2, 0) is 0 Å². The van der Waals surface area contributed by atoms with Crippen molar-refractivity contribution in [3.63, 3.8) is 0 Å². The van der Waals surface area contributed by atoms with Crippen LogP contribution < -0.4 is 10.5 Å². The molecule has 2 rings (SSSR count). The molecular formula is C14H20N2O. The second-order valence-corrected chi connectivity index (χ2v) is 4.77. The van der Waals surface area contributed by atoms with Crippen LogP contribution in [-0.4, -0.2) is 11.9 Å². The summed E-state index contributed by atoms with van der Waals surface area (Å²) in [5.41, 5.74) is 7.29. The normalized spacial score (nSPS) is 16.8. The fraction of sp³-hybridized carbons (Fsp3) is 0.500. The van der Waals surface area contributed by atoms with Gasteiger partial charge in [-0.2, -0.15) is 0 Å². The number of ether oxygens (including phenoxy) is 1. The molecule has 0 aliphatic heterocycles. The second-order valence-electron chi connectivity index (χ2n) is 4.77. The summed E-state index contributed by atoms with van der Waals surface area (Å²) < 4.78 is 5.96. The quantitative estimate of drug-likeness (QED) is 0.621. The topological polar surface area (TPSA) is 59.1 Å². The van der Waals surface area contributed by atoms with E-state index in [1.807, 2.05) is 25.1 Å². The Morgan fingerprint density at radius 1 is 1.29 bits per heavy atom. The van der Waals surface area contributed by atoms with Crippen LogP contribution in [0.2, 0.25) is 0 Å². The Morgan fingerprint density at radius 2 is 2.00 bits per heavy atom. The van der Waals surface area contributed by atoms with Gasteiger partial charge in [-0.25, -0.2) is 0 Å². The first-order chi connectivity index (χ1) is 8.16. The van der Waals surface area contributed by atoms with Crippen molar-refractivity contribution in [1.82, 2.24) is 0 Å². The van der Waals surface area contributed by atoms with Gasteiger partial charge in [0, 0.05) is 5.56 Å². The molecule has 0 saturated heterocycles. The summed E-state index contributed by atoms with van der Waals surface area (Å²) in [4.78, 5) is 0. The minimum absolute atomic E-state index is 0.117. The van der Waals surface area contributed by atoms with Crippen LogP contribution in [0.3, 0.4) is 0 Å². The maximum absolute atomic E-state index is 7.44. The largest absolute Gasteiger partial charge is 0.490 e. The fourth-order valence-electron chi connectivity index (χ4n) is 2.39. The highest BCUT2D eigenvalue weighted by Crippen LogP contribution is 2.24. The maximum atomic E-state index is 7.44. The van der Waals surface area contributed by atoms with E-state index in [4.69, 9.17) is 15.9 Å². The third-order valence-corrected chi connectivity index (χ3v) is 3.34. The van der Waals surface area contributed by atoms with Gasteiger partial charge in [0.15, 0.2) is 0 Å². The van der Waals surface area contributed by atoms with Gasteiger partial charge < -0.3 is 10.5 Å². The molecule has 0 radical (unpaired) electrons. The predicted octanol–water partition coefficient (Wildman–Crippen LogP) is 2.99. The van der Waals surface area contributed by atoms with Gasteiger partial charge in [0.25, 0.3) is 0 Å². The Balaban J connectivity index is 2.06. The molecule has 0 spiro atoms. The minimum Gasteiger partial charge on any atom is -0.490 e. The number of rotatable bonds is 3. The molecule has 0 atom stereocenters. The molecule has 0 aromatic heterocycles. The minimum atomic E-state index is 0.117. The highest BCUT2D eigenvalue weighted by Gasteiger charge is 2.15. The molecular weight excluding hydrogens is 212 g/mol. The molecule has 1 fully saturated rings. The molecule has 3 nitrogen and oxygen atoms in total. The number of nitrogen functional groups attached to an aromatic ring is 1. The van der Waals surface area contributed by atoms with Crippen molar-refractivity contribution in [3.8, 4) is 5.75 Å². The highest BCUT2D eigenvalue weighted by atomic mass is 16.5. The van der Waals surface area contributed by atoms with Crippen LogP contribution in [0.4, 0.5) is 0 Å². The van der Waals surface area contributed by atoms with Crippen molar-refractivity contribution in [2.24, 2.45) is 5.73 Å². The van der Waals surface area contributed by atoms with Gasteiger partial charge in [-0.05, 0) is 56.4 Å². The molecule has 92 valence electrons. The SMILES string of the molecule is Cc1cc(OC2CCCCC2)ccc1C(=N)N. The molecule has 1 aromatic rings. The van der Waals surface area contributed by atoms with Gasteiger partial charge in [-0.15, -0.1) is 0 Å². The second kappa shape index (κ2) is 5.21. The first kappa shape index (κ1) is 12.0. The molecule has 0 bridgehead atoms. The van der Waals surface area contributed by atoms with Gasteiger partial charge in [0.2, 0.25) is 0 Å². The lowest BCUT2D eigenvalue weighted by Crippen LogP contribution is -2.20. The van der Waals surface area contributed by atoms with Gasteiger partial charge in [-0.1, -0.05) is 6.42 Å². The van der Waals surface area contributed by atoms with E-state index < -0.39 is 0 Å². The standard InChI is InChI=1S/C14H20N2O/c1-10-9-12(7-8-13(10)14(15)16)17-11-5-3-2-4-6-11/h7-9,11H,2-6H2,1H3,(H3,15,16). The van der Waals surface area contributed by atoms with Gasteiger partial charge in [0.1, 0.15) is 11.6 Å². The van der Waals surface area contributed by atoms with Crippen molar-refractivity contribution in [1.29, 1.82) is 5.41 Å². The van der Waals surface area contributed by atoms with Crippen LogP contribution >= 0.6 is 0 Å². The summed E-state index contributed by atoms with van der Waals surface area (Å²) in [6.45, 7) is 1.96. The number of benzene rings is 1. The average molecular weight is 232 g/mol. The van der Waals surface area contributed by atoms with Gasteiger partial charge in [0.05, 0.1) is 6.10 Å². The lowest BCUT2D eigenvalue weighted by atomic mass is 9.98. The van der Waals surface area contributed by atoms with Crippen LogP contribution in [0.25, 0.3) is 0 Å². The van der Waals surface area contributed by atoms with Crippen LogP contribution in [0.1, 0.15) is 43.2 Å². The van der Waals surface area contributed by atoms with E-state index in [9.17, 15) is 0 Å². The van der Waals surface area contributed by atoms with Crippen LogP contribution in [0.5, 0.6) is 5.75 Å². The Labute approximate surface area is 102 Å². The van der Waals surface area contributed by atoms with Gasteiger partial charge >= 0.3 is 0 Å². The Kier molecular flexibility index (Phi) is 3.67. The number of hydrogen-bond donors (Lipinski definition) is 2. The number of amidine groups is 1. The molecule has 0 heterocycles. The monoisotopic (exact) mass is 232 g/mol. The summed E-state index contributed by atoms with van der Waals surface area (Å²) in [5.74, 6) is 1.02. The van der Waals surface area contributed by atoms with Crippen molar-refractivity contribution in [2.45, 2.75) is 45.1 Å². The summed E-state index contributed by atoms with van der Waals surface area (Å²) in [5, 5.41) is 7.44. The summed E-state index contributed by atoms with van der Waals surface area (Å²) in [7, 11) is 0. The molecule has 3 N–H and O–H groups in total. The van der Waals surface area contributed by atoms with Crippen molar-refractivity contribution in [2.75, 3.05) is 0 Å². The molecule has 1 aliphatic carbocycles. The summed E-state index contributed by atoms with van der Waals surface area (Å²) in [6.07, 6.45) is 6.57. The summed E-state index contributed by atoms with van der Waals surface area (Å²) in [6, 6.07) is 5.76. The number of nitrogens with two attached hydrogens (primary N) is 1. The van der Waals surface area contributed by atoms with Crippen molar-refractivity contribution < 1.29 is 4.74 Å². The van der Waals surface area contributed by atoms with E-state index in [1.165, 1.54) is 19.3 Å².